The van der Waals surface area contributed by atoms with Crippen molar-refractivity contribution in [2.24, 2.45) is 0 Å². The third-order valence-corrected chi connectivity index (χ3v) is 5.79. The van der Waals surface area contributed by atoms with E-state index in [9.17, 15) is 13.2 Å². The maximum atomic E-state index is 14.6. The molecule has 0 bridgehead atoms. The zero-order chi connectivity index (χ0) is 23.9. The van der Waals surface area contributed by atoms with Crippen LogP contribution in [0.25, 0.3) is 10.8 Å². The fraction of sp³-hybridized carbons (Fsp3) is 0.200. The average molecular weight is 459 g/mol. The maximum Gasteiger partial charge on any atom is 0.159 e. The molecule has 0 N–H and O–H groups in total. The first-order chi connectivity index (χ1) is 16.5. The summed E-state index contributed by atoms with van der Waals surface area (Å²) >= 11 is 0. The van der Waals surface area contributed by atoms with Gasteiger partial charge in [-0.3, -0.25) is 0 Å². The second kappa shape index (κ2) is 11.0. The third-order valence-electron chi connectivity index (χ3n) is 5.79. The minimum atomic E-state index is -0.905. The molecule has 0 aromatic heterocycles. The lowest BCUT2D eigenvalue weighted by molar-refractivity contribution is 0.195. The lowest BCUT2D eigenvalue weighted by Crippen LogP contribution is -1.95. The SMILES string of the molecule is COCCCc1ccc(CCc2ccc(C#Cc3ccc4cc(F)c(F)cc4c3)c(F)c2)cc1. The van der Waals surface area contributed by atoms with Gasteiger partial charge in [-0.15, -0.1) is 0 Å². The van der Waals surface area contributed by atoms with E-state index in [1.54, 1.807) is 31.4 Å². The number of hydrogen-bond donors (Lipinski definition) is 0. The topological polar surface area (TPSA) is 9.23 Å². The number of rotatable bonds is 7. The average Bonchev–Trinajstić information content (AvgIpc) is 2.84. The molecule has 0 aliphatic carbocycles. The van der Waals surface area contributed by atoms with Crippen molar-refractivity contribution < 1.29 is 17.9 Å². The quantitative estimate of drug-likeness (QED) is 0.214. The number of hydrogen-bond acceptors (Lipinski definition) is 1. The minimum Gasteiger partial charge on any atom is -0.385 e. The van der Waals surface area contributed by atoms with Gasteiger partial charge in [0.05, 0.1) is 5.56 Å². The Balaban J connectivity index is 1.39. The van der Waals surface area contributed by atoms with Gasteiger partial charge in [0.2, 0.25) is 0 Å². The molecule has 0 spiro atoms. The van der Waals surface area contributed by atoms with Crippen molar-refractivity contribution >= 4 is 10.8 Å². The van der Waals surface area contributed by atoms with E-state index >= 15 is 0 Å². The van der Waals surface area contributed by atoms with Gasteiger partial charge in [0, 0.05) is 19.3 Å². The molecule has 0 fully saturated rings. The van der Waals surface area contributed by atoms with Crippen LogP contribution in [0.5, 0.6) is 0 Å². The molecular weight excluding hydrogens is 433 g/mol. The monoisotopic (exact) mass is 458 g/mol. The molecule has 4 aromatic carbocycles. The standard InChI is InChI=1S/C30H25F3O/c1-34-16-2-3-21-4-6-22(7-5-21)8-9-24-11-14-25(28(31)18-24)13-10-23-12-15-26-19-29(32)30(33)20-27(26)17-23/h4-7,11-12,14-15,17-20H,2-3,8-9,16H2,1H3. The van der Waals surface area contributed by atoms with Gasteiger partial charge in [-0.1, -0.05) is 48.2 Å². The Bertz CT molecular complexity index is 1350. The van der Waals surface area contributed by atoms with Gasteiger partial charge in [0.1, 0.15) is 5.82 Å². The van der Waals surface area contributed by atoms with Crippen molar-refractivity contribution in [3.8, 4) is 11.8 Å². The summed E-state index contributed by atoms with van der Waals surface area (Å²) < 4.78 is 46.6. The van der Waals surface area contributed by atoms with E-state index in [1.165, 1.54) is 17.2 Å². The minimum absolute atomic E-state index is 0.301. The van der Waals surface area contributed by atoms with E-state index in [-0.39, 0.29) is 5.82 Å². The summed E-state index contributed by atoms with van der Waals surface area (Å²) in [5.74, 6) is 3.60. The second-order valence-electron chi connectivity index (χ2n) is 8.31. The van der Waals surface area contributed by atoms with Crippen LogP contribution in [0.1, 0.15) is 34.2 Å². The first-order valence-electron chi connectivity index (χ1n) is 11.3. The Morgan fingerprint density at radius 2 is 1.26 bits per heavy atom. The Morgan fingerprint density at radius 1 is 0.618 bits per heavy atom. The van der Waals surface area contributed by atoms with E-state index in [1.807, 2.05) is 6.07 Å². The molecule has 172 valence electrons. The number of ether oxygens (including phenoxy) is 1. The van der Waals surface area contributed by atoms with Crippen LogP contribution in [0.3, 0.4) is 0 Å². The predicted molar refractivity (Wildman–Crippen MR) is 130 cm³/mol. The number of aryl methyl sites for hydroxylation is 3. The lowest BCUT2D eigenvalue weighted by Gasteiger charge is -2.06. The second-order valence-corrected chi connectivity index (χ2v) is 8.31. The number of benzene rings is 4. The van der Waals surface area contributed by atoms with Crippen LogP contribution in [-0.4, -0.2) is 13.7 Å². The zero-order valence-corrected chi connectivity index (χ0v) is 19.0. The van der Waals surface area contributed by atoms with Gasteiger partial charge in [-0.25, -0.2) is 13.2 Å². The van der Waals surface area contributed by atoms with E-state index < -0.39 is 11.6 Å². The van der Waals surface area contributed by atoms with Crippen LogP contribution in [0, 0.1) is 29.3 Å². The summed E-state index contributed by atoms with van der Waals surface area (Å²) in [6.07, 6.45) is 3.57. The first kappa shape index (κ1) is 23.6. The van der Waals surface area contributed by atoms with Crippen LogP contribution < -0.4 is 0 Å². The van der Waals surface area contributed by atoms with E-state index in [0.29, 0.717) is 21.9 Å². The van der Waals surface area contributed by atoms with Crippen LogP contribution >= 0.6 is 0 Å². The summed E-state index contributed by atoms with van der Waals surface area (Å²) in [4.78, 5) is 0. The third kappa shape index (κ3) is 6.07. The number of methoxy groups -OCH3 is 1. The maximum absolute atomic E-state index is 14.6. The molecule has 4 heteroatoms. The van der Waals surface area contributed by atoms with Crippen molar-refractivity contribution in [1.82, 2.24) is 0 Å². The van der Waals surface area contributed by atoms with Gasteiger partial charge in [0.25, 0.3) is 0 Å². The molecule has 0 saturated heterocycles. The van der Waals surface area contributed by atoms with Crippen molar-refractivity contribution in [3.63, 3.8) is 0 Å². The fourth-order valence-electron chi connectivity index (χ4n) is 3.86. The summed E-state index contributed by atoms with van der Waals surface area (Å²) in [6.45, 7) is 0.761. The highest BCUT2D eigenvalue weighted by molar-refractivity contribution is 5.84. The Morgan fingerprint density at radius 3 is 1.97 bits per heavy atom. The van der Waals surface area contributed by atoms with Gasteiger partial charge in [0.15, 0.2) is 11.6 Å². The molecule has 4 rings (SSSR count). The molecule has 0 radical (unpaired) electrons. The molecule has 0 atom stereocenters. The molecule has 0 unspecified atom stereocenters. The molecule has 0 amide bonds. The molecule has 0 saturated carbocycles. The Kier molecular flexibility index (Phi) is 7.67. The first-order valence-corrected chi connectivity index (χ1v) is 11.3. The number of fused-ring (bicyclic) bond motifs is 1. The summed E-state index contributed by atoms with van der Waals surface area (Å²) in [6, 6.07) is 21.0. The molecule has 34 heavy (non-hydrogen) atoms. The van der Waals surface area contributed by atoms with Crippen LogP contribution in [-0.2, 0) is 24.0 Å². The largest absolute Gasteiger partial charge is 0.385 e. The molecule has 4 aromatic rings. The van der Waals surface area contributed by atoms with Gasteiger partial charge < -0.3 is 4.74 Å². The normalized spacial score (nSPS) is 10.8. The van der Waals surface area contributed by atoms with Crippen molar-refractivity contribution in [2.75, 3.05) is 13.7 Å². The van der Waals surface area contributed by atoms with Crippen LogP contribution in [0.4, 0.5) is 13.2 Å². The molecule has 1 nitrogen and oxygen atoms in total. The Labute approximate surface area is 198 Å². The number of halogens is 3. The fourth-order valence-corrected chi connectivity index (χ4v) is 3.86. The molecule has 0 aliphatic rings. The highest BCUT2D eigenvalue weighted by Gasteiger charge is 2.05. The van der Waals surface area contributed by atoms with Crippen LogP contribution in [0.15, 0.2) is 72.8 Å². The van der Waals surface area contributed by atoms with E-state index in [4.69, 9.17) is 4.74 Å². The van der Waals surface area contributed by atoms with E-state index in [2.05, 4.69) is 36.1 Å². The van der Waals surface area contributed by atoms with Gasteiger partial charge in [-0.2, -0.15) is 0 Å². The summed E-state index contributed by atoms with van der Waals surface area (Å²) in [5.41, 5.74) is 4.32. The van der Waals surface area contributed by atoms with Crippen molar-refractivity contribution in [3.05, 3.63) is 118 Å². The molecule has 0 aliphatic heterocycles. The lowest BCUT2D eigenvalue weighted by atomic mass is 10.0. The predicted octanol–water partition coefficient (Wildman–Crippen LogP) is 7.02. The smallest absolute Gasteiger partial charge is 0.159 e. The van der Waals surface area contributed by atoms with Crippen molar-refractivity contribution in [1.29, 1.82) is 0 Å². The Hall–Kier alpha value is -3.55. The van der Waals surface area contributed by atoms with Gasteiger partial charge in [-0.05, 0) is 89.5 Å². The van der Waals surface area contributed by atoms with Crippen LogP contribution in [0.2, 0.25) is 0 Å². The van der Waals surface area contributed by atoms with E-state index in [0.717, 1.165) is 50.0 Å². The molecule has 0 heterocycles. The van der Waals surface area contributed by atoms with Crippen molar-refractivity contribution in [2.45, 2.75) is 25.7 Å². The highest BCUT2D eigenvalue weighted by Crippen LogP contribution is 2.20. The zero-order valence-electron chi connectivity index (χ0n) is 19.0. The highest BCUT2D eigenvalue weighted by atomic mass is 19.2. The van der Waals surface area contributed by atoms with Gasteiger partial charge >= 0.3 is 0 Å². The summed E-state index contributed by atoms with van der Waals surface area (Å²) in [5, 5.41) is 1.13. The summed E-state index contributed by atoms with van der Waals surface area (Å²) in [7, 11) is 1.71. The molecular formula is C30H25F3O.